The zero-order valence-electron chi connectivity index (χ0n) is 15.5. The summed E-state index contributed by atoms with van der Waals surface area (Å²) in [5, 5.41) is 13.2. The van der Waals surface area contributed by atoms with Crippen LogP contribution in [0, 0.1) is 17.1 Å². The van der Waals surface area contributed by atoms with Crippen LogP contribution < -0.4 is 5.32 Å². The Kier molecular flexibility index (Phi) is 5.44. The maximum atomic E-state index is 13.3. The van der Waals surface area contributed by atoms with E-state index in [9.17, 15) is 18.1 Å². The topological polar surface area (TPSA) is 95.7 Å². The molecule has 1 unspecified atom stereocenters. The summed E-state index contributed by atoms with van der Waals surface area (Å²) in [7, 11) is -4.15. The van der Waals surface area contributed by atoms with Gasteiger partial charge >= 0.3 is 0 Å². The zero-order chi connectivity index (χ0) is 21.1. The molecule has 6 nitrogen and oxygen atoms in total. The van der Waals surface area contributed by atoms with Gasteiger partial charge in [-0.3, -0.25) is 0 Å². The van der Waals surface area contributed by atoms with Crippen LogP contribution in [0.25, 0.3) is 11.0 Å². The first kappa shape index (κ1) is 19.9. The van der Waals surface area contributed by atoms with Crippen LogP contribution in [0.15, 0.2) is 70.9 Å². The number of para-hydroxylation sites is 2. The van der Waals surface area contributed by atoms with E-state index < -0.39 is 20.9 Å². The second-order valence-corrected chi connectivity index (χ2v) is 9.45. The third-order valence-corrected chi connectivity index (χ3v) is 7.18. The summed E-state index contributed by atoms with van der Waals surface area (Å²) in [5.41, 5.74) is 1.06. The summed E-state index contributed by atoms with van der Waals surface area (Å²) in [4.78, 5) is 9.84. The van der Waals surface area contributed by atoms with E-state index in [1.807, 2.05) is 23.6 Å². The van der Waals surface area contributed by atoms with Gasteiger partial charge in [0.1, 0.15) is 11.5 Å². The van der Waals surface area contributed by atoms with E-state index in [1.54, 1.807) is 35.6 Å². The Hall–Kier alpha value is -3.35. The lowest BCUT2D eigenvalue weighted by Crippen LogP contribution is -2.17. The molecule has 1 atom stereocenters. The molecule has 0 aliphatic heterocycles. The van der Waals surface area contributed by atoms with Crippen LogP contribution in [0.2, 0.25) is 0 Å². The number of halogens is 1. The predicted molar refractivity (Wildman–Crippen MR) is 113 cm³/mol. The molecule has 9 heteroatoms. The molecule has 30 heavy (non-hydrogen) atoms. The quantitative estimate of drug-likeness (QED) is 0.446. The van der Waals surface area contributed by atoms with Crippen LogP contribution in [0.4, 0.5) is 10.2 Å². The first-order chi connectivity index (χ1) is 14.5. The zero-order valence-corrected chi connectivity index (χ0v) is 17.1. The number of anilines is 1. The van der Waals surface area contributed by atoms with Crippen molar-refractivity contribution in [3.63, 3.8) is 0 Å². The van der Waals surface area contributed by atoms with Gasteiger partial charge in [-0.15, -0.1) is 11.3 Å². The fourth-order valence-corrected chi connectivity index (χ4v) is 4.98. The molecule has 0 aliphatic rings. The average molecular weight is 439 g/mol. The van der Waals surface area contributed by atoms with Crippen LogP contribution in [0.1, 0.15) is 15.8 Å². The molecular weight excluding hydrogens is 423 g/mol. The molecule has 150 valence electrons. The number of nitriles is 1. The number of aromatic nitrogens is 2. The van der Waals surface area contributed by atoms with Crippen molar-refractivity contribution in [3.8, 4) is 6.07 Å². The smallest absolute Gasteiger partial charge is 0.200 e. The van der Waals surface area contributed by atoms with Crippen molar-refractivity contribution < 1.29 is 12.8 Å². The summed E-state index contributed by atoms with van der Waals surface area (Å²) in [6.45, 7) is 0.409. The van der Waals surface area contributed by atoms with Gasteiger partial charge in [0, 0.05) is 4.88 Å². The summed E-state index contributed by atoms with van der Waals surface area (Å²) in [6.07, 6.45) is 0. The molecule has 0 spiro atoms. The average Bonchev–Trinajstić information content (AvgIpc) is 3.26. The summed E-state index contributed by atoms with van der Waals surface area (Å²) < 4.78 is 39.6. The Bertz CT molecular complexity index is 1330. The van der Waals surface area contributed by atoms with E-state index in [4.69, 9.17) is 0 Å². The second kappa shape index (κ2) is 8.18. The van der Waals surface area contributed by atoms with E-state index in [-0.39, 0.29) is 16.4 Å². The first-order valence-corrected chi connectivity index (χ1v) is 11.3. The van der Waals surface area contributed by atoms with Crippen LogP contribution in [-0.4, -0.2) is 18.4 Å². The highest BCUT2D eigenvalue weighted by Crippen LogP contribution is 2.32. The summed E-state index contributed by atoms with van der Waals surface area (Å²) in [6, 6.07) is 17.1. The van der Waals surface area contributed by atoms with Crippen molar-refractivity contribution in [2.45, 2.75) is 16.7 Å². The van der Waals surface area contributed by atoms with E-state index >= 15 is 0 Å². The fraction of sp³-hybridized carbons (Fsp3) is 0.0952. The molecule has 4 rings (SSSR count). The Morgan fingerprint density at radius 3 is 2.37 bits per heavy atom. The van der Waals surface area contributed by atoms with Crippen LogP contribution in [0.3, 0.4) is 0 Å². The highest BCUT2D eigenvalue weighted by molar-refractivity contribution is 7.92. The number of nitrogens with one attached hydrogen (secondary N) is 1. The van der Waals surface area contributed by atoms with Crippen LogP contribution in [0.5, 0.6) is 0 Å². The minimum absolute atomic E-state index is 0.0112. The number of rotatable bonds is 6. The van der Waals surface area contributed by atoms with E-state index in [0.717, 1.165) is 29.1 Å². The highest BCUT2D eigenvalue weighted by atomic mass is 32.2. The molecule has 0 aliphatic carbocycles. The predicted octanol–water partition coefficient (Wildman–Crippen LogP) is 4.48. The van der Waals surface area contributed by atoms with Crippen molar-refractivity contribution >= 4 is 38.0 Å². The van der Waals surface area contributed by atoms with E-state index in [0.29, 0.717) is 17.6 Å². The number of thiophene rings is 1. The molecule has 0 saturated carbocycles. The van der Waals surface area contributed by atoms with Gasteiger partial charge in [-0.25, -0.2) is 22.8 Å². The lowest BCUT2D eigenvalue weighted by atomic mass is 10.2. The largest absolute Gasteiger partial charge is 0.364 e. The lowest BCUT2D eigenvalue weighted by molar-refractivity contribution is 0.589. The molecule has 0 bridgehead atoms. The number of nitrogens with zero attached hydrogens (tertiary/aromatic N) is 3. The monoisotopic (exact) mass is 438 g/mol. The third kappa shape index (κ3) is 3.87. The van der Waals surface area contributed by atoms with Gasteiger partial charge in [0.15, 0.2) is 11.1 Å². The minimum Gasteiger partial charge on any atom is -0.364 e. The number of hydrogen-bond donors (Lipinski definition) is 1. The maximum Gasteiger partial charge on any atom is 0.200 e. The van der Waals surface area contributed by atoms with Gasteiger partial charge in [-0.05, 0) is 47.8 Å². The molecule has 0 fully saturated rings. The van der Waals surface area contributed by atoms with Gasteiger partial charge in [0.2, 0.25) is 9.84 Å². The Morgan fingerprint density at radius 2 is 1.73 bits per heavy atom. The fourth-order valence-electron chi connectivity index (χ4n) is 2.95. The standard InChI is InChI=1S/C21H15FN4O2S2/c22-14-7-9-16(10-8-14)30(27,28)19(12-23)20-21(24-13-15-4-3-11-29-15)26-18-6-2-1-5-17(18)25-20/h1-11,19H,13H2,(H,24,26). The number of fused-ring (bicyclic) bond motifs is 1. The van der Waals surface area contributed by atoms with Crippen molar-refractivity contribution in [2.75, 3.05) is 5.32 Å². The van der Waals surface area contributed by atoms with Crippen LogP contribution in [-0.2, 0) is 16.4 Å². The van der Waals surface area contributed by atoms with Gasteiger partial charge in [-0.1, -0.05) is 18.2 Å². The Labute approximate surface area is 176 Å². The molecule has 2 aromatic carbocycles. The lowest BCUT2D eigenvalue weighted by Gasteiger charge is -2.16. The SMILES string of the molecule is N#CC(c1nc2ccccc2nc1NCc1cccs1)S(=O)(=O)c1ccc(F)cc1. The van der Waals surface area contributed by atoms with Crippen molar-refractivity contribution in [1.82, 2.24) is 9.97 Å². The number of sulfone groups is 1. The Morgan fingerprint density at radius 1 is 1.03 bits per heavy atom. The second-order valence-electron chi connectivity index (χ2n) is 6.39. The van der Waals surface area contributed by atoms with E-state index in [1.165, 1.54) is 0 Å². The van der Waals surface area contributed by atoms with Crippen molar-refractivity contribution in [1.29, 1.82) is 5.26 Å². The molecule has 2 aromatic heterocycles. The summed E-state index contributed by atoms with van der Waals surface area (Å²) >= 11 is 1.54. The molecule has 0 saturated heterocycles. The minimum atomic E-state index is -4.15. The Balaban J connectivity index is 1.82. The maximum absolute atomic E-state index is 13.3. The number of benzene rings is 2. The number of hydrogen-bond acceptors (Lipinski definition) is 7. The van der Waals surface area contributed by atoms with Crippen molar-refractivity contribution in [2.24, 2.45) is 0 Å². The molecule has 0 amide bonds. The first-order valence-electron chi connectivity index (χ1n) is 8.91. The molecule has 0 radical (unpaired) electrons. The van der Waals surface area contributed by atoms with Gasteiger partial charge in [0.05, 0.1) is 28.5 Å². The molecule has 1 N–H and O–H groups in total. The van der Waals surface area contributed by atoms with Crippen molar-refractivity contribution in [3.05, 3.63) is 82.4 Å². The molecular formula is C21H15FN4O2S2. The van der Waals surface area contributed by atoms with Gasteiger partial charge in [-0.2, -0.15) is 5.26 Å². The van der Waals surface area contributed by atoms with Gasteiger partial charge in [0.25, 0.3) is 0 Å². The van der Waals surface area contributed by atoms with Crippen LogP contribution >= 0.6 is 11.3 Å². The highest BCUT2D eigenvalue weighted by Gasteiger charge is 2.33. The molecule has 2 heterocycles. The van der Waals surface area contributed by atoms with Gasteiger partial charge < -0.3 is 5.32 Å². The normalized spacial score (nSPS) is 12.4. The summed E-state index contributed by atoms with van der Waals surface area (Å²) in [5.74, 6) is -0.342. The molecule has 4 aromatic rings. The third-order valence-electron chi connectivity index (χ3n) is 4.43. The van der Waals surface area contributed by atoms with E-state index in [2.05, 4.69) is 15.3 Å².